The van der Waals surface area contributed by atoms with E-state index >= 15 is 0 Å². The predicted octanol–water partition coefficient (Wildman–Crippen LogP) is 2.43. The maximum absolute atomic E-state index is 12.4. The second-order valence-corrected chi connectivity index (χ2v) is 6.30. The zero-order valence-corrected chi connectivity index (χ0v) is 12.7. The maximum atomic E-state index is 12.4. The third-order valence-corrected chi connectivity index (χ3v) is 4.50. The fraction of sp³-hybridized carbons (Fsp3) is 0.471. The minimum absolute atomic E-state index is 0.0538. The van der Waals surface area contributed by atoms with Gasteiger partial charge in [0.2, 0.25) is 5.91 Å². The van der Waals surface area contributed by atoms with Crippen molar-refractivity contribution in [3.63, 3.8) is 0 Å². The lowest BCUT2D eigenvalue weighted by Gasteiger charge is -2.29. The predicted molar refractivity (Wildman–Crippen MR) is 84.9 cm³/mol. The van der Waals surface area contributed by atoms with Crippen LogP contribution in [0.2, 0.25) is 0 Å². The molecule has 0 spiro atoms. The lowest BCUT2D eigenvalue weighted by molar-refractivity contribution is -0.132. The Hall–Kier alpha value is -1.81. The Balaban J connectivity index is 1.79. The van der Waals surface area contributed by atoms with E-state index in [1.807, 2.05) is 17.0 Å². The number of hydrogen-bond acceptors (Lipinski definition) is 2. The molecule has 1 atom stereocenters. The fourth-order valence-corrected chi connectivity index (χ4v) is 2.95. The van der Waals surface area contributed by atoms with Crippen LogP contribution in [-0.4, -0.2) is 28.4 Å². The molecule has 2 heterocycles. The van der Waals surface area contributed by atoms with Crippen LogP contribution in [0.4, 0.5) is 0 Å². The van der Waals surface area contributed by atoms with Crippen LogP contribution in [0.1, 0.15) is 31.5 Å². The maximum Gasteiger partial charge on any atom is 0.224 e. The molecule has 0 saturated carbocycles. The molecule has 4 nitrogen and oxygen atoms in total. The van der Waals surface area contributed by atoms with E-state index in [0.717, 1.165) is 18.5 Å². The molecule has 4 heteroatoms. The summed E-state index contributed by atoms with van der Waals surface area (Å²) in [6.45, 7) is 5.60. The second kappa shape index (κ2) is 5.53. The smallest absolute Gasteiger partial charge is 0.224 e. The minimum Gasteiger partial charge on any atom is -0.358 e. The van der Waals surface area contributed by atoms with Crippen molar-refractivity contribution in [2.75, 3.05) is 6.54 Å². The van der Waals surface area contributed by atoms with Gasteiger partial charge in [-0.1, -0.05) is 32.0 Å². The Morgan fingerprint density at radius 2 is 2.14 bits per heavy atom. The summed E-state index contributed by atoms with van der Waals surface area (Å²) in [5, 5.41) is 1.23. The van der Waals surface area contributed by atoms with Crippen molar-refractivity contribution in [1.82, 2.24) is 9.88 Å². The van der Waals surface area contributed by atoms with Crippen molar-refractivity contribution < 1.29 is 4.79 Å². The number of para-hydroxylation sites is 1. The second-order valence-electron chi connectivity index (χ2n) is 6.30. The van der Waals surface area contributed by atoms with Gasteiger partial charge in [0.1, 0.15) is 0 Å². The van der Waals surface area contributed by atoms with Gasteiger partial charge in [-0.05, 0) is 12.0 Å². The van der Waals surface area contributed by atoms with Gasteiger partial charge in [-0.15, -0.1) is 0 Å². The Morgan fingerprint density at radius 1 is 1.38 bits per heavy atom. The number of carbonyl (C=O) groups is 1. The summed E-state index contributed by atoms with van der Waals surface area (Å²) in [4.78, 5) is 17.8. The Bertz CT molecular complexity index is 659. The SMILES string of the molecule is CC(C)C(N)CC(=O)N1CCc2[nH]c3ccccc3c2C1. The number of hydrogen-bond donors (Lipinski definition) is 2. The Kier molecular flexibility index (Phi) is 3.72. The average Bonchev–Trinajstić information content (AvgIpc) is 2.84. The van der Waals surface area contributed by atoms with Crippen molar-refractivity contribution in [2.24, 2.45) is 11.7 Å². The Labute approximate surface area is 125 Å². The fourth-order valence-electron chi connectivity index (χ4n) is 2.95. The number of rotatable bonds is 3. The summed E-state index contributed by atoms with van der Waals surface area (Å²) in [6, 6.07) is 8.25. The number of amides is 1. The van der Waals surface area contributed by atoms with Crippen LogP contribution in [0.3, 0.4) is 0 Å². The lowest BCUT2D eigenvalue weighted by atomic mass is 10.00. The molecule has 3 rings (SSSR count). The number of H-pyrrole nitrogens is 1. The molecule has 0 bridgehead atoms. The molecule has 1 aliphatic rings. The van der Waals surface area contributed by atoms with Gasteiger partial charge in [0, 0.05) is 54.1 Å². The van der Waals surface area contributed by atoms with Crippen LogP contribution >= 0.6 is 0 Å². The van der Waals surface area contributed by atoms with Gasteiger partial charge >= 0.3 is 0 Å². The van der Waals surface area contributed by atoms with Gasteiger partial charge < -0.3 is 15.6 Å². The van der Waals surface area contributed by atoms with Gasteiger partial charge in [-0.2, -0.15) is 0 Å². The van der Waals surface area contributed by atoms with E-state index in [4.69, 9.17) is 5.73 Å². The molecular formula is C17H23N3O. The molecule has 1 aromatic carbocycles. The molecule has 0 fully saturated rings. The van der Waals surface area contributed by atoms with Gasteiger partial charge in [0.15, 0.2) is 0 Å². The highest BCUT2D eigenvalue weighted by Gasteiger charge is 2.25. The van der Waals surface area contributed by atoms with E-state index in [1.165, 1.54) is 16.6 Å². The average molecular weight is 285 g/mol. The number of aromatic amines is 1. The summed E-state index contributed by atoms with van der Waals surface area (Å²) in [7, 11) is 0. The van der Waals surface area contributed by atoms with Gasteiger partial charge in [-0.3, -0.25) is 4.79 Å². The monoisotopic (exact) mass is 285 g/mol. The van der Waals surface area contributed by atoms with E-state index in [2.05, 4.69) is 31.0 Å². The number of nitrogens with zero attached hydrogens (tertiary/aromatic N) is 1. The molecule has 1 aromatic heterocycles. The van der Waals surface area contributed by atoms with E-state index in [0.29, 0.717) is 18.9 Å². The number of aromatic nitrogens is 1. The normalized spacial score (nSPS) is 16.3. The summed E-state index contributed by atoms with van der Waals surface area (Å²) in [5.74, 6) is 0.509. The molecule has 0 radical (unpaired) electrons. The molecule has 2 aromatic rings. The molecular weight excluding hydrogens is 262 g/mol. The number of benzene rings is 1. The molecule has 1 amide bonds. The third kappa shape index (κ3) is 2.68. The summed E-state index contributed by atoms with van der Waals surface area (Å²) in [6.07, 6.45) is 1.34. The van der Waals surface area contributed by atoms with E-state index in [9.17, 15) is 4.79 Å². The van der Waals surface area contributed by atoms with E-state index < -0.39 is 0 Å². The van der Waals surface area contributed by atoms with Gasteiger partial charge in [0.25, 0.3) is 0 Å². The number of carbonyl (C=O) groups excluding carboxylic acids is 1. The zero-order chi connectivity index (χ0) is 15.0. The van der Waals surface area contributed by atoms with Crippen LogP contribution < -0.4 is 5.73 Å². The van der Waals surface area contributed by atoms with Crippen molar-refractivity contribution >= 4 is 16.8 Å². The largest absolute Gasteiger partial charge is 0.358 e. The standard InChI is InChI=1S/C17H23N3O/c1-11(2)14(18)9-17(21)20-8-7-16-13(10-20)12-5-3-4-6-15(12)19-16/h3-6,11,14,19H,7-10,18H2,1-2H3. The molecule has 112 valence electrons. The van der Waals surface area contributed by atoms with Crippen molar-refractivity contribution in [3.8, 4) is 0 Å². The van der Waals surface area contributed by atoms with Crippen LogP contribution in [0.15, 0.2) is 24.3 Å². The third-order valence-electron chi connectivity index (χ3n) is 4.50. The van der Waals surface area contributed by atoms with Crippen LogP contribution in [-0.2, 0) is 17.8 Å². The molecule has 21 heavy (non-hydrogen) atoms. The van der Waals surface area contributed by atoms with Crippen molar-refractivity contribution in [2.45, 2.75) is 39.3 Å². The van der Waals surface area contributed by atoms with Crippen molar-refractivity contribution in [1.29, 1.82) is 0 Å². The molecule has 3 N–H and O–H groups in total. The zero-order valence-electron chi connectivity index (χ0n) is 12.7. The summed E-state index contributed by atoms with van der Waals surface area (Å²) in [5.41, 5.74) is 9.74. The highest BCUT2D eigenvalue weighted by atomic mass is 16.2. The molecule has 0 aliphatic carbocycles. The number of fused-ring (bicyclic) bond motifs is 3. The topological polar surface area (TPSA) is 62.1 Å². The van der Waals surface area contributed by atoms with Crippen LogP contribution in [0.25, 0.3) is 10.9 Å². The number of nitrogens with one attached hydrogen (secondary N) is 1. The first-order valence-corrected chi connectivity index (χ1v) is 7.68. The highest BCUT2D eigenvalue weighted by molar-refractivity contribution is 5.86. The minimum atomic E-state index is -0.0538. The molecule has 1 unspecified atom stereocenters. The van der Waals surface area contributed by atoms with Crippen LogP contribution in [0, 0.1) is 5.92 Å². The van der Waals surface area contributed by atoms with Crippen molar-refractivity contribution in [3.05, 3.63) is 35.5 Å². The Morgan fingerprint density at radius 3 is 2.90 bits per heavy atom. The van der Waals surface area contributed by atoms with Gasteiger partial charge in [-0.25, -0.2) is 0 Å². The first kappa shape index (κ1) is 14.1. The highest BCUT2D eigenvalue weighted by Crippen LogP contribution is 2.27. The molecule has 1 aliphatic heterocycles. The summed E-state index contributed by atoms with van der Waals surface area (Å²) >= 11 is 0. The van der Waals surface area contributed by atoms with Gasteiger partial charge in [0.05, 0.1) is 0 Å². The number of nitrogens with two attached hydrogens (primary N) is 1. The van der Waals surface area contributed by atoms with Crippen LogP contribution in [0.5, 0.6) is 0 Å². The first-order chi connectivity index (χ1) is 10.1. The summed E-state index contributed by atoms with van der Waals surface area (Å²) < 4.78 is 0. The van der Waals surface area contributed by atoms with E-state index in [-0.39, 0.29) is 11.9 Å². The van der Waals surface area contributed by atoms with E-state index in [1.54, 1.807) is 0 Å². The molecule has 0 saturated heterocycles. The lowest BCUT2D eigenvalue weighted by Crippen LogP contribution is -2.40. The first-order valence-electron chi connectivity index (χ1n) is 7.68. The quantitative estimate of drug-likeness (QED) is 0.909.